The summed E-state index contributed by atoms with van der Waals surface area (Å²) in [5.74, 6) is -1.32. The fraction of sp³-hybridized carbons (Fsp3) is 0.364. The van der Waals surface area contributed by atoms with E-state index in [0.717, 1.165) is 5.56 Å². The lowest BCUT2D eigenvalue weighted by molar-refractivity contribution is -0.142. The van der Waals surface area contributed by atoms with Crippen LogP contribution in [-0.4, -0.2) is 16.6 Å². The van der Waals surface area contributed by atoms with E-state index in [1.54, 1.807) is 19.1 Å². The van der Waals surface area contributed by atoms with Gasteiger partial charge in [0.05, 0.1) is 5.69 Å². The summed E-state index contributed by atoms with van der Waals surface area (Å²) in [6.45, 7) is 1.78. The van der Waals surface area contributed by atoms with E-state index in [0.29, 0.717) is 18.5 Å². The third-order valence-corrected chi connectivity index (χ3v) is 2.97. The average Bonchev–Trinajstić information content (AvgIpc) is 2.59. The molecule has 1 aliphatic heterocycles. The van der Waals surface area contributed by atoms with E-state index < -0.39 is 11.5 Å². The van der Waals surface area contributed by atoms with Crippen molar-refractivity contribution >= 4 is 11.7 Å². The van der Waals surface area contributed by atoms with Crippen LogP contribution in [0.3, 0.4) is 0 Å². The van der Waals surface area contributed by atoms with Crippen molar-refractivity contribution in [2.45, 2.75) is 25.3 Å². The zero-order valence-corrected chi connectivity index (χ0v) is 8.38. The Balaban J connectivity index is 2.44. The standard InChI is InChI=1S/C11H12FNO2/c1-2-11(10(14)15)6-7-4-3-5-8(12)9(7)13-11/h3-5,13H,2,6H2,1H3,(H,14,15). The molecule has 4 heteroatoms. The Labute approximate surface area is 86.9 Å². The van der Waals surface area contributed by atoms with Gasteiger partial charge in [0.1, 0.15) is 11.4 Å². The number of para-hydroxylation sites is 1. The second-order valence-electron chi connectivity index (χ2n) is 3.82. The molecule has 1 atom stereocenters. The van der Waals surface area contributed by atoms with Crippen LogP contribution in [0.25, 0.3) is 0 Å². The van der Waals surface area contributed by atoms with Crippen molar-refractivity contribution in [3.8, 4) is 0 Å². The van der Waals surface area contributed by atoms with E-state index in [4.69, 9.17) is 5.11 Å². The first-order valence-electron chi connectivity index (χ1n) is 4.88. The number of carboxylic acid groups (broad SMARTS) is 1. The summed E-state index contributed by atoms with van der Waals surface area (Å²) in [7, 11) is 0. The number of fused-ring (bicyclic) bond motifs is 1. The van der Waals surface area contributed by atoms with Crippen molar-refractivity contribution in [1.29, 1.82) is 0 Å². The molecule has 1 unspecified atom stereocenters. The molecular formula is C11H12FNO2. The van der Waals surface area contributed by atoms with Crippen molar-refractivity contribution in [2.24, 2.45) is 0 Å². The van der Waals surface area contributed by atoms with E-state index in [1.807, 2.05) is 0 Å². The van der Waals surface area contributed by atoms with Crippen LogP contribution in [0.1, 0.15) is 18.9 Å². The SMILES string of the molecule is CCC1(C(=O)O)Cc2cccc(F)c2N1. The zero-order chi connectivity index (χ0) is 11.1. The van der Waals surface area contributed by atoms with Crippen molar-refractivity contribution < 1.29 is 14.3 Å². The Morgan fingerprint density at radius 3 is 2.93 bits per heavy atom. The van der Waals surface area contributed by atoms with Gasteiger partial charge in [-0.15, -0.1) is 0 Å². The largest absolute Gasteiger partial charge is 0.479 e. The molecule has 1 heterocycles. The van der Waals surface area contributed by atoms with Gasteiger partial charge in [-0.25, -0.2) is 9.18 Å². The minimum Gasteiger partial charge on any atom is -0.479 e. The predicted molar refractivity (Wildman–Crippen MR) is 54.4 cm³/mol. The van der Waals surface area contributed by atoms with E-state index in [9.17, 15) is 9.18 Å². The summed E-state index contributed by atoms with van der Waals surface area (Å²) in [6, 6.07) is 4.69. The highest BCUT2D eigenvalue weighted by Crippen LogP contribution is 2.36. The summed E-state index contributed by atoms with van der Waals surface area (Å²) in [5.41, 5.74) is 0.0332. The zero-order valence-electron chi connectivity index (χ0n) is 8.38. The van der Waals surface area contributed by atoms with Gasteiger partial charge in [-0.1, -0.05) is 19.1 Å². The Hall–Kier alpha value is -1.58. The first-order valence-corrected chi connectivity index (χ1v) is 4.88. The lowest BCUT2D eigenvalue weighted by Gasteiger charge is -2.23. The number of carboxylic acids is 1. The summed E-state index contributed by atoms with van der Waals surface area (Å²) in [6.07, 6.45) is 0.766. The molecule has 1 aromatic carbocycles. The first-order chi connectivity index (χ1) is 7.09. The molecule has 80 valence electrons. The molecule has 0 amide bonds. The van der Waals surface area contributed by atoms with Crippen LogP contribution in [0, 0.1) is 5.82 Å². The highest BCUT2D eigenvalue weighted by atomic mass is 19.1. The molecule has 0 spiro atoms. The van der Waals surface area contributed by atoms with E-state index in [1.165, 1.54) is 6.07 Å². The topological polar surface area (TPSA) is 49.3 Å². The lowest BCUT2D eigenvalue weighted by atomic mass is 9.92. The van der Waals surface area contributed by atoms with Crippen molar-refractivity contribution in [3.63, 3.8) is 0 Å². The van der Waals surface area contributed by atoms with Crippen LogP contribution < -0.4 is 5.32 Å². The fourth-order valence-corrected chi connectivity index (χ4v) is 1.96. The number of aliphatic carboxylic acids is 1. The quantitative estimate of drug-likeness (QED) is 0.783. The third kappa shape index (κ3) is 1.37. The Morgan fingerprint density at radius 1 is 1.67 bits per heavy atom. The van der Waals surface area contributed by atoms with Gasteiger partial charge in [0, 0.05) is 6.42 Å². The highest BCUT2D eigenvalue weighted by Gasteiger charge is 2.43. The third-order valence-electron chi connectivity index (χ3n) is 2.97. The summed E-state index contributed by atoms with van der Waals surface area (Å²) < 4.78 is 13.4. The molecule has 1 aromatic rings. The van der Waals surface area contributed by atoms with Gasteiger partial charge in [0.25, 0.3) is 0 Å². The van der Waals surface area contributed by atoms with Crippen LogP contribution in [0.5, 0.6) is 0 Å². The number of benzene rings is 1. The Morgan fingerprint density at radius 2 is 2.40 bits per heavy atom. The maximum absolute atomic E-state index is 13.4. The molecule has 0 saturated heterocycles. The van der Waals surface area contributed by atoms with Crippen molar-refractivity contribution in [1.82, 2.24) is 0 Å². The van der Waals surface area contributed by atoms with Crippen LogP contribution in [0.15, 0.2) is 18.2 Å². The molecule has 0 radical (unpaired) electrons. The predicted octanol–water partition coefficient (Wildman–Crippen LogP) is 2.03. The van der Waals surface area contributed by atoms with Crippen molar-refractivity contribution in [2.75, 3.05) is 5.32 Å². The molecule has 2 rings (SSSR count). The lowest BCUT2D eigenvalue weighted by Crippen LogP contribution is -2.44. The van der Waals surface area contributed by atoms with Crippen LogP contribution in [0.2, 0.25) is 0 Å². The van der Waals surface area contributed by atoms with Crippen molar-refractivity contribution in [3.05, 3.63) is 29.6 Å². The summed E-state index contributed by atoms with van der Waals surface area (Å²) in [5, 5.41) is 11.9. The van der Waals surface area contributed by atoms with E-state index >= 15 is 0 Å². The molecule has 0 fully saturated rings. The fourth-order valence-electron chi connectivity index (χ4n) is 1.96. The van der Waals surface area contributed by atoms with Crippen LogP contribution in [-0.2, 0) is 11.2 Å². The van der Waals surface area contributed by atoms with Gasteiger partial charge in [0.15, 0.2) is 0 Å². The van der Waals surface area contributed by atoms with Crippen LogP contribution >= 0.6 is 0 Å². The number of carbonyl (C=O) groups is 1. The number of hydrogen-bond acceptors (Lipinski definition) is 2. The maximum Gasteiger partial charge on any atom is 0.329 e. The van der Waals surface area contributed by atoms with Gasteiger partial charge >= 0.3 is 5.97 Å². The molecule has 0 aliphatic carbocycles. The number of anilines is 1. The van der Waals surface area contributed by atoms with Crippen LogP contribution in [0.4, 0.5) is 10.1 Å². The summed E-state index contributed by atoms with van der Waals surface area (Å²) >= 11 is 0. The molecule has 0 bridgehead atoms. The Kier molecular flexibility index (Phi) is 2.14. The first kappa shape index (κ1) is 9.96. The molecular weight excluding hydrogens is 197 g/mol. The minimum atomic E-state index is -1.04. The summed E-state index contributed by atoms with van der Waals surface area (Å²) in [4.78, 5) is 11.1. The molecule has 1 aliphatic rings. The average molecular weight is 209 g/mol. The maximum atomic E-state index is 13.4. The van der Waals surface area contributed by atoms with E-state index in [2.05, 4.69) is 5.32 Å². The molecule has 3 nitrogen and oxygen atoms in total. The molecule has 2 N–H and O–H groups in total. The second kappa shape index (κ2) is 3.22. The smallest absolute Gasteiger partial charge is 0.329 e. The molecule has 0 saturated carbocycles. The number of halogens is 1. The van der Waals surface area contributed by atoms with Gasteiger partial charge in [-0.05, 0) is 18.1 Å². The number of hydrogen-bond donors (Lipinski definition) is 2. The number of rotatable bonds is 2. The molecule has 0 aromatic heterocycles. The monoisotopic (exact) mass is 209 g/mol. The molecule has 15 heavy (non-hydrogen) atoms. The Bertz CT molecular complexity index is 419. The normalized spacial score (nSPS) is 23.3. The van der Waals surface area contributed by atoms with Gasteiger partial charge in [0.2, 0.25) is 0 Å². The second-order valence-corrected chi connectivity index (χ2v) is 3.82. The van der Waals surface area contributed by atoms with Gasteiger partial charge in [-0.3, -0.25) is 0 Å². The number of nitrogens with one attached hydrogen (secondary N) is 1. The van der Waals surface area contributed by atoms with Gasteiger partial charge < -0.3 is 10.4 Å². The highest BCUT2D eigenvalue weighted by molar-refractivity contribution is 5.86. The van der Waals surface area contributed by atoms with E-state index in [-0.39, 0.29) is 5.82 Å². The minimum absolute atomic E-state index is 0.335. The van der Waals surface area contributed by atoms with Gasteiger partial charge in [-0.2, -0.15) is 0 Å².